The SMILES string of the molecule is CC(Cn1cncn1)NC(=O)c1ccc(Cl)c(S(=O)(=O)N(C)C)c1. The Kier molecular flexibility index (Phi) is 5.58. The van der Waals surface area contributed by atoms with Gasteiger partial charge in [0.2, 0.25) is 10.0 Å². The second kappa shape index (κ2) is 7.29. The summed E-state index contributed by atoms with van der Waals surface area (Å²) in [5.74, 6) is -0.394. The smallest absolute Gasteiger partial charge is 0.251 e. The second-order valence-corrected chi connectivity index (χ2v) is 7.95. The molecule has 1 atom stereocenters. The third-order valence-corrected chi connectivity index (χ3v) is 5.55. The molecule has 2 rings (SSSR count). The van der Waals surface area contributed by atoms with Crippen molar-refractivity contribution < 1.29 is 13.2 Å². The average molecular weight is 372 g/mol. The Balaban J connectivity index is 2.18. The number of hydrogen-bond donors (Lipinski definition) is 1. The van der Waals surface area contributed by atoms with E-state index in [2.05, 4.69) is 15.4 Å². The lowest BCUT2D eigenvalue weighted by atomic mass is 10.2. The number of benzene rings is 1. The van der Waals surface area contributed by atoms with Gasteiger partial charge in [0, 0.05) is 25.7 Å². The normalized spacial score (nSPS) is 13.0. The molecular weight excluding hydrogens is 354 g/mol. The van der Waals surface area contributed by atoms with E-state index in [0.717, 1.165) is 4.31 Å². The number of nitrogens with one attached hydrogen (secondary N) is 1. The van der Waals surface area contributed by atoms with Crippen LogP contribution in [-0.2, 0) is 16.6 Å². The third-order valence-electron chi connectivity index (χ3n) is 3.26. The molecule has 1 aromatic heterocycles. The van der Waals surface area contributed by atoms with Crippen molar-refractivity contribution in [1.82, 2.24) is 24.4 Å². The minimum atomic E-state index is -3.73. The molecule has 0 fully saturated rings. The molecule has 1 heterocycles. The molecule has 0 saturated carbocycles. The molecule has 0 aliphatic rings. The van der Waals surface area contributed by atoms with E-state index in [4.69, 9.17) is 11.6 Å². The van der Waals surface area contributed by atoms with Gasteiger partial charge in [-0.2, -0.15) is 5.10 Å². The van der Waals surface area contributed by atoms with Crippen LogP contribution in [0.2, 0.25) is 5.02 Å². The Morgan fingerprint density at radius 1 is 1.42 bits per heavy atom. The number of hydrogen-bond acceptors (Lipinski definition) is 5. The Bertz CT molecular complexity index is 821. The number of nitrogens with zero attached hydrogens (tertiary/aromatic N) is 4. The number of carbonyl (C=O) groups is 1. The fourth-order valence-corrected chi connectivity index (χ4v) is 3.39. The van der Waals surface area contributed by atoms with Gasteiger partial charge in [-0.05, 0) is 25.1 Å². The average Bonchev–Trinajstić information content (AvgIpc) is 2.99. The molecule has 24 heavy (non-hydrogen) atoms. The summed E-state index contributed by atoms with van der Waals surface area (Å²) in [4.78, 5) is 16.1. The highest BCUT2D eigenvalue weighted by Gasteiger charge is 2.22. The standard InChI is InChI=1S/C14H18ClN5O3S/c1-10(7-20-9-16-8-17-20)18-14(21)11-4-5-12(15)13(6-11)24(22,23)19(2)3/h4-6,8-10H,7H2,1-3H3,(H,18,21). The van der Waals surface area contributed by atoms with Crippen molar-refractivity contribution in [3.05, 3.63) is 41.4 Å². The number of sulfonamides is 1. The minimum Gasteiger partial charge on any atom is -0.348 e. The summed E-state index contributed by atoms with van der Waals surface area (Å²) in [6, 6.07) is 3.93. The Morgan fingerprint density at radius 3 is 2.71 bits per heavy atom. The lowest BCUT2D eigenvalue weighted by Gasteiger charge is -2.16. The van der Waals surface area contributed by atoms with Crippen molar-refractivity contribution in [2.24, 2.45) is 0 Å². The third kappa shape index (κ3) is 4.11. The van der Waals surface area contributed by atoms with Gasteiger partial charge in [-0.25, -0.2) is 17.7 Å². The van der Waals surface area contributed by atoms with Crippen LogP contribution in [0.3, 0.4) is 0 Å². The van der Waals surface area contributed by atoms with Crippen molar-refractivity contribution in [2.75, 3.05) is 14.1 Å². The topological polar surface area (TPSA) is 97.2 Å². The molecule has 2 aromatic rings. The molecule has 1 aromatic carbocycles. The van der Waals surface area contributed by atoms with E-state index in [0.29, 0.717) is 6.54 Å². The molecule has 10 heteroatoms. The van der Waals surface area contributed by atoms with Crippen LogP contribution >= 0.6 is 11.6 Å². The van der Waals surface area contributed by atoms with Gasteiger partial charge in [-0.1, -0.05) is 11.6 Å². The van der Waals surface area contributed by atoms with Gasteiger partial charge in [-0.15, -0.1) is 0 Å². The quantitative estimate of drug-likeness (QED) is 0.817. The van der Waals surface area contributed by atoms with E-state index >= 15 is 0 Å². The van der Waals surface area contributed by atoms with Gasteiger partial charge >= 0.3 is 0 Å². The molecule has 1 unspecified atom stereocenters. The van der Waals surface area contributed by atoms with E-state index in [-0.39, 0.29) is 21.5 Å². The maximum Gasteiger partial charge on any atom is 0.251 e. The van der Waals surface area contributed by atoms with Crippen molar-refractivity contribution >= 4 is 27.5 Å². The summed E-state index contributed by atoms with van der Waals surface area (Å²) in [5, 5.41) is 6.81. The highest BCUT2D eigenvalue weighted by Crippen LogP contribution is 2.24. The maximum absolute atomic E-state index is 12.3. The number of rotatable bonds is 6. The Hall–Kier alpha value is -1.97. The molecule has 0 saturated heterocycles. The summed E-state index contributed by atoms with van der Waals surface area (Å²) in [7, 11) is -0.931. The molecule has 0 aliphatic heterocycles. The monoisotopic (exact) mass is 371 g/mol. The first kappa shape index (κ1) is 18.4. The Labute approximate surface area is 145 Å². The molecule has 0 spiro atoms. The number of aromatic nitrogens is 3. The summed E-state index contributed by atoms with van der Waals surface area (Å²) in [6.07, 6.45) is 2.96. The predicted octanol–water partition coefficient (Wildman–Crippen LogP) is 1.00. The summed E-state index contributed by atoms with van der Waals surface area (Å²) < 4.78 is 27.1. The first-order valence-electron chi connectivity index (χ1n) is 7.07. The van der Waals surface area contributed by atoms with Crippen LogP contribution in [0.4, 0.5) is 0 Å². The minimum absolute atomic E-state index is 0.0657. The molecular formula is C14H18ClN5O3S. The zero-order valence-electron chi connectivity index (χ0n) is 13.5. The van der Waals surface area contributed by atoms with Crippen molar-refractivity contribution in [3.8, 4) is 0 Å². The molecule has 1 N–H and O–H groups in total. The molecule has 0 radical (unpaired) electrons. The van der Waals surface area contributed by atoms with Crippen molar-refractivity contribution in [1.29, 1.82) is 0 Å². The van der Waals surface area contributed by atoms with Crippen LogP contribution in [0, 0.1) is 0 Å². The van der Waals surface area contributed by atoms with Gasteiger partial charge in [-0.3, -0.25) is 9.48 Å². The first-order chi connectivity index (χ1) is 11.2. The van der Waals surface area contributed by atoms with Crippen LogP contribution < -0.4 is 5.32 Å². The maximum atomic E-state index is 12.3. The van der Waals surface area contributed by atoms with E-state index in [9.17, 15) is 13.2 Å². The predicted molar refractivity (Wildman–Crippen MR) is 89.3 cm³/mol. The van der Waals surface area contributed by atoms with E-state index < -0.39 is 15.9 Å². The lowest BCUT2D eigenvalue weighted by molar-refractivity contribution is 0.0935. The van der Waals surface area contributed by atoms with Gasteiger partial charge < -0.3 is 5.32 Å². The highest BCUT2D eigenvalue weighted by molar-refractivity contribution is 7.89. The second-order valence-electron chi connectivity index (χ2n) is 5.42. The van der Waals surface area contributed by atoms with E-state index in [1.54, 1.807) is 11.0 Å². The summed E-state index contributed by atoms with van der Waals surface area (Å²) >= 11 is 5.97. The molecule has 0 bridgehead atoms. The fourth-order valence-electron chi connectivity index (χ4n) is 2.00. The summed E-state index contributed by atoms with van der Waals surface area (Å²) in [6.45, 7) is 2.26. The van der Waals surface area contributed by atoms with Crippen LogP contribution in [0.5, 0.6) is 0 Å². The number of amides is 1. The Morgan fingerprint density at radius 2 is 2.12 bits per heavy atom. The zero-order chi connectivity index (χ0) is 17.9. The molecule has 130 valence electrons. The molecule has 8 nitrogen and oxygen atoms in total. The number of halogens is 1. The van der Waals surface area contributed by atoms with Crippen molar-refractivity contribution in [3.63, 3.8) is 0 Å². The van der Waals surface area contributed by atoms with Crippen LogP contribution in [0.15, 0.2) is 35.7 Å². The number of carbonyl (C=O) groups excluding carboxylic acids is 1. The van der Waals surface area contributed by atoms with Crippen LogP contribution in [0.1, 0.15) is 17.3 Å². The van der Waals surface area contributed by atoms with E-state index in [1.165, 1.54) is 38.6 Å². The molecule has 1 amide bonds. The first-order valence-corrected chi connectivity index (χ1v) is 8.89. The fraction of sp³-hybridized carbons (Fsp3) is 0.357. The van der Waals surface area contributed by atoms with Crippen molar-refractivity contribution in [2.45, 2.75) is 24.4 Å². The van der Waals surface area contributed by atoms with Gasteiger partial charge in [0.05, 0.1) is 11.6 Å². The van der Waals surface area contributed by atoms with Crippen LogP contribution in [0.25, 0.3) is 0 Å². The zero-order valence-corrected chi connectivity index (χ0v) is 15.0. The molecule has 0 aliphatic carbocycles. The van der Waals surface area contributed by atoms with E-state index in [1.807, 2.05) is 6.92 Å². The van der Waals surface area contributed by atoms with Gasteiger partial charge in [0.15, 0.2) is 0 Å². The van der Waals surface area contributed by atoms with Crippen LogP contribution in [-0.4, -0.2) is 53.5 Å². The lowest BCUT2D eigenvalue weighted by Crippen LogP contribution is -2.36. The highest BCUT2D eigenvalue weighted by atomic mass is 35.5. The van der Waals surface area contributed by atoms with Gasteiger partial charge in [0.1, 0.15) is 17.6 Å². The van der Waals surface area contributed by atoms with Gasteiger partial charge in [0.25, 0.3) is 5.91 Å². The largest absolute Gasteiger partial charge is 0.348 e. The summed E-state index contributed by atoms with van der Waals surface area (Å²) in [5.41, 5.74) is 0.213.